The number of rotatable bonds is 2. The Bertz CT molecular complexity index is 528. The van der Waals surface area contributed by atoms with Crippen molar-refractivity contribution < 1.29 is 5.11 Å². The lowest BCUT2D eigenvalue weighted by Gasteiger charge is -2.19. The minimum Gasteiger partial charge on any atom is -0.393 e. The van der Waals surface area contributed by atoms with Crippen LogP contribution in [0.2, 0.25) is 0 Å². The highest BCUT2D eigenvalue weighted by atomic mass is 32.1. The molecular weight excluding hydrogens is 246 g/mol. The predicted octanol–water partition coefficient (Wildman–Crippen LogP) is 2.04. The van der Waals surface area contributed by atoms with E-state index in [1.54, 1.807) is 0 Å². The summed E-state index contributed by atoms with van der Waals surface area (Å²) in [5.74, 6) is 0. The molecule has 0 spiro atoms. The first-order valence-corrected chi connectivity index (χ1v) is 7.16. The highest BCUT2D eigenvalue weighted by Crippen LogP contribution is 2.17. The normalized spacial score (nSPS) is 22.2. The molecule has 5 heteroatoms. The maximum absolute atomic E-state index is 9.64. The number of aromatic nitrogens is 2. The Kier molecular flexibility index (Phi) is 3.54. The molecular formula is C13H17N3OS. The number of nitrogens with zero attached hydrogens (tertiary/aromatic N) is 3. The number of likely N-dealkylation sites (tertiary alicyclic amines) is 1. The molecule has 1 fully saturated rings. The van der Waals surface area contributed by atoms with Crippen molar-refractivity contribution in [3.8, 4) is 0 Å². The average Bonchev–Trinajstić information content (AvgIpc) is 2.74. The number of benzene rings is 1. The van der Waals surface area contributed by atoms with E-state index in [-0.39, 0.29) is 6.10 Å². The molecule has 96 valence electrons. The van der Waals surface area contributed by atoms with Gasteiger partial charge in [-0.1, -0.05) is 6.07 Å². The molecule has 3 rings (SSSR count). The molecule has 0 bridgehead atoms. The molecule has 0 unspecified atom stereocenters. The van der Waals surface area contributed by atoms with Crippen molar-refractivity contribution in [2.45, 2.75) is 31.9 Å². The maximum Gasteiger partial charge on any atom is 0.105 e. The van der Waals surface area contributed by atoms with Crippen molar-refractivity contribution in [2.24, 2.45) is 0 Å². The Morgan fingerprint density at radius 3 is 3.06 bits per heavy atom. The van der Waals surface area contributed by atoms with Gasteiger partial charge in [0.1, 0.15) is 11.0 Å². The van der Waals surface area contributed by atoms with Crippen LogP contribution in [0.4, 0.5) is 0 Å². The molecule has 1 atom stereocenters. The molecule has 1 aromatic heterocycles. The molecule has 2 heterocycles. The molecule has 2 aromatic rings. The Hall–Kier alpha value is -1.04. The van der Waals surface area contributed by atoms with E-state index in [2.05, 4.69) is 25.8 Å². The number of hydrogen-bond donors (Lipinski definition) is 1. The minimum absolute atomic E-state index is 0.111. The number of hydrogen-bond acceptors (Lipinski definition) is 5. The average molecular weight is 263 g/mol. The van der Waals surface area contributed by atoms with Gasteiger partial charge in [-0.3, -0.25) is 4.90 Å². The lowest BCUT2D eigenvalue weighted by molar-refractivity contribution is 0.154. The monoisotopic (exact) mass is 263 g/mol. The van der Waals surface area contributed by atoms with E-state index in [0.717, 1.165) is 49.9 Å². The van der Waals surface area contributed by atoms with E-state index in [4.69, 9.17) is 0 Å². The second kappa shape index (κ2) is 5.30. The van der Waals surface area contributed by atoms with Crippen LogP contribution in [0, 0.1) is 0 Å². The van der Waals surface area contributed by atoms with Crippen LogP contribution in [0.25, 0.3) is 11.0 Å². The minimum atomic E-state index is -0.111. The molecule has 1 N–H and O–H groups in total. The van der Waals surface area contributed by atoms with Gasteiger partial charge in [-0.15, -0.1) is 0 Å². The predicted molar refractivity (Wildman–Crippen MR) is 72.5 cm³/mol. The molecule has 18 heavy (non-hydrogen) atoms. The highest BCUT2D eigenvalue weighted by Gasteiger charge is 2.15. The summed E-state index contributed by atoms with van der Waals surface area (Å²) in [5.41, 5.74) is 3.26. The van der Waals surface area contributed by atoms with Crippen molar-refractivity contribution >= 4 is 22.8 Å². The van der Waals surface area contributed by atoms with Gasteiger partial charge in [-0.05, 0) is 43.5 Å². The summed E-state index contributed by atoms with van der Waals surface area (Å²) in [7, 11) is 0. The summed E-state index contributed by atoms with van der Waals surface area (Å²) in [6, 6.07) is 6.30. The third-order valence-electron chi connectivity index (χ3n) is 3.51. The van der Waals surface area contributed by atoms with Gasteiger partial charge in [0.2, 0.25) is 0 Å². The fourth-order valence-electron chi connectivity index (χ4n) is 2.48. The van der Waals surface area contributed by atoms with Crippen molar-refractivity contribution in [1.82, 2.24) is 13.6 Å². The second-order valence-electron chi connectivity index (χ2n) is 4.95. The van der Waals surface area contributed by atoms with Crippen LogP contribution in [0.5, 0.6) is 0 Å². The molecule has 0 radical (unpaired) electrons. The molecule has 1 aliphatic heterocycles. The zero-order valence-electron chi connectivity index (χ0n) is 10.2. The Morgan fingerprint density at radius 1 is 1.22 bits per heavy atom. The van der Waals surface area contributed by atoms with Gasteiger partial charge in [0.15, 0.2) is 0 Å². The number of fused-ring (bicyclic) bond motifs is 1. The maximum atomic E-state index is 9.64. The van der Waals surface area contributed by atoms with E-state index in [9.17, 15) is 5.11 Å². The summed E-state index contributed by atoms with van der Waals surface area (Å²) in [5, 5.41) is 9.64. The number of aliphatic hydroxyl groups is 1. The zero-order valence-corrected chi connectivity index (χ0v) is 11.1. The quantitative estimate of drug-likeness (QED) is 0.901. The fourth-order valence-corrected chi connectivity index (χ4v) is 3.00. The van der Waals surface area contributed by atoms with Crippen LogP contribution in [0.3, 0.4) is 0 Å². The van der Waals surface area contributed by atoms with Gasteiger partial charge in [0.05, 0.1) is 17.8 Å². The van der Waals surface area contributed by atoms with Crippen LogP contribution >= 0.6 is 11.7 Å². The topological polar surface area (TPSA) is 49.2 Å². The first-order valence-electron chi connectivity index (χ1n) is 6.43. The third kappa shape index (κ3) is 2.68. The van der Waals surface area contributed by atoms with Crippen molar-refractivity contribution in [3.63, 3.8) is 0 Å². The van der Waals surface area contributed by atoms with Gasteiger partial charge in [0, 0.05) is 13.1 Å². The van der Waals surface area contributed by atoms with Crippen LogP contribution < -0.4 is 0 Å². The van der Waals surface area contributed by atoms with Gasteiger partial charge < -0.3 is 5.11 Å². The van der Waals surface area contributed by atoms with Gasteiger partial charge in [0.25, 0.3) is 0 Å². The second-order valence-corrected chi connectivity index (χ2v) is 5.48. The Morgan fingerprint density at radius 2 is 2.11 bits per heavy atom. The smallest absolute Gasteiger partial charge is 0.105 e. The van der Waals surface area contributed by atoms with E-state index >= 15 is 0 Å². The summed E-state index contributed by atoms with van der Waals surface area (Å²) < 4.78 is 8.49. The zero-order chi connectivity index (χ0) is 12.4. The fraction of sp³-hybridized carbons (Fsp3) is 0.538. The van der Waals surface area contributed by atoms with Crippen LogP contribution in [-0.4, -0.2) is 37.9 Å². The van der Waals surface area contributed by atoms with Crippen LogP contribution in [0.15, 0.2) is 18.2 Å². The van der Waals surface area contributed by atoms with Gasteiger partial charge in [-0.2, -0.15) is 8.75 Å². The van der Waals surface area contributed by atoms with Crippen LogP contribution in [0.1, 0.15) is 24.8 Å². The summed E-state index contributed by atoms with van der Waals surface area (Å²) >= 11 is 1.26. The number of aliphatic hydroxyl groups excluding tert-OH is 1. The first kappa shape index (κ1) is 12.0. The summed E-state index contributed by atoms with van der Waals surface area (Å²) in [6.45, 7) is 3.00. The first-order chi connectivity index (χ1) is 8.81. The van der Waals surface area contributed by atoms with E-state index in [1.165, 1.54) is 17.3 Å². The molecule has 4 nitrogen and oxygen atoms in total. The van der Waals surface area contributed by atoms with Crippen molar-refractivity contribution in [1.29, 1.82) is 0 Å². The van der Waals surface area contributed by atoms with E-state index < -0.39 is 0 Å². The molecule has 0 aliphatic carbocycles. The van der Waals surface area contributed by atoms with Crippen molar-refractivity contribution in [3.05, 3.63) is 23.8 Å². The lowest BCUT2D eigenvalue weighted by Crippen LogP contribution is -2.24. The molecule has 1 aliphatic rings. The summed E-state index contributed by atoms with van der Waals surface area (Å²) in [6.07, 6.45) is 2.80. The molecule has 0 amide bonds. The Labute approximate surface area is 111 Å². The molecule has 1 aromatic carbocycles. The SMILES string of the molecule is O[C@H]1CCCN(Cc2ccc3nsnc3c2)CC1. The Balaban J connectivity index is 1.71. The molecule has 1 saturated heterocycles. The standard InChI is InChI=1S/C13H17N3OS/c17-11-2-1-6-16(7-5-11)9-10-3-4-12-13(8-10)15-18-14-12/h3-4,8,11,17H,1-2,5-7,9H2/t11-/m0/s1. The van der Waals surface area contributed by atoms with Gasteiger partial charge >= 0.3 is 0 Å². The van der Waals surface area contributed by atoms with E-state index in [0.29, 0.717) is 0 Å². The largest absolute Gasteiger partial charge is 0.393 e. The van der Waals surface area contributed by atoms with Gasteiger partial charge in [-0.25, -0.2) is 0 Å². The third-order valence-corrected chi connectivity index (χ3v) is 4.07. The van der Waals surface area contributed by atoms with E-state index in [1.807, 2.05) is 6.07 Å². The highest BCUT2D eigenvalue weighted by molar-refractivity contribution is 7.00. The summed E-state index contributed by atoms with van der Waals surface area (Å²) in [4.78, 5) is 2.41. The lowest BCUT2D eigenvalue weighted by atomic mass is 10.2. The van der Waals surface area contributed by atoms with Crippen molar-refractivity contribution in [2.75, 3.05) is 13.1 Å². The molecule has 0 saturated carbocycles. The van der Waals surface area contributed by atoms with Crippen LogP contribution in [-0.2, 0) is 6.54 Å².